The molecule has 1 aliphatic carbocycles. The van der Waals surface area contributed by atoms with Crippen LogP contribution < -0.4 is 0 Å². The molecule has 0 unspecified atom stereocenters. The van der Waals surface area contributed by atoms with Gasteiger partial charge in [0, 0.05) is 0 Å². The normalized spacial score (nSPS) is 21.6. The number of benzene rings is 2. The van der Waals surface area contributed by atoms with Crippen LogP contribution in [-0.4, -0.2) is 0 Å². The third-order valence-electron chi connectivity index (χ3n) is 5.35. The lowest BCUT2D eigenvalue weighted by atomic mass is 9.74. The quantitative estimate of drug-likeness (QED) is 0.601. The van der Waals surface area contributed by atoms with Crippen LogP contribution >= 0.6 is 0 Å². The minimum absolute atomic E-state index is 0.643. The van der Waals surface area contributed by atoms with Crippen molar-refractivity contribution in [2.24, 2.45) is 11.8 Å². The number of hydrogen-bond acceptors (Lipinski definition) is 0. The van der Waals surface area contributed by atoms with Crippen LogP contribution in [0.15, 0.2) is 42.5 Å². The van der Waals surface area contributed by atoms with Crippen LogP contribution in [0.1, 0.15) is 51.0 Å². The molecular formula is C21H24F2. The second-order valence-electron chi connectivity index (χ2n) is 7.11. The number of rotatable bonds is 3. The first kappa shape index (κ1) is 16.2. The van der Waals surface area contributed by atoms with Gasteiger partial charge in [-0.15, -0.1) is 0 Å². The maximum Gasteiger partial charge on any atom is 0.159 e. The van der Waals surface area contributed by atoms with Crippen molar-refractivity contribution in [2.45, 2.75) is 45.4 Å². The van der Waals surface area contributed by atoms with Crippen LogP contribution in [0, 0.1) is 23.5 Å². The first-order valence-electron chi connectivity index (χ1n) is 8.60. The first-order valence-corrected chi connectivity index (χ1v) is 8.60. The predicted octanol–water partition coefficient (Wildman–Crippen LogP) is 6.56. The molecule has 1 aliphatic rings. The smallest absolute Gasteiger partial charge is 0.159 e. The second kappa shape index (κ2) is 6.82. The fourth-order valence-electron chi connectivity index (χ4n) is 3.74. The molecule has 2 heteroatoms. The summed E-state index contributed by atoms with van der Waals surface area (Å²) in [6.07, 6.45) is 5.14. The molecule has 0 aliphatic heterocycles. The fourth-order valence-corrected chi connectivity index (χ4v) is 3.74. The second-order valence-corrected chi connectivity index (χ2v) is 7.11. The van der Waals surface area contributed by atoms with Crippen LogP contribution in [0.3, 0.4) is 0 Å². The average molecular weight is 314 g/mol. The average Bonchev–Trinajstić information content (AvgIpc) is 2.57. The molecule has 0 heterocycles. The molecule has 3 rings (SSSR count). The molecular weight excluding hydrogens is 290 g/mol. The highest BCUT2D eigenvalue weighted by Crippen LogP contribution is 2.39. The summed E-state index contributed by atoms with van der Waals surface area (Å²) < 4.78 is 26.4. The van der Waals surface area contributed by atoms with E-state index >= 15 is 0 Å². The highest BCUT2D eigenvalue weighted by atomic mass is 19.2. The maximum atomic E-state index is 13.4. The van der Waals surface area contributed by atoms with Gasteiger partial charge in [0.15, 0.2) is 11.6 Å². The molecule has 0 N–H and O–H groups in total. The van der Waals surface area contributed by atoms with E-state index in [1.54, 1.807) is 6.07 Å². The molecule has 2 aromatic carbocycles. The van der Waals surface area contributed by atoms with Crippen LogP contribution in [0.4, 0.5) is 8.78 Å². The Balaban J connectivity index is 1.71. The summed E-state index contributed by atoms with van der Waals surface area (Å²) in [4.78, 5) is 0. The maximum absolute atomic E-state index is 13.4. The minimum Gasteiger partial charge on any atom is -0.204 e. The lowest BCUT2D eigenvalue weighted by Gasteiger charge is -2.31. The number of halogens is 2. The number of hydrogen-bond donors (Lipinski definition) is 0. The Labute approximate surface area is 137 Å². The van der Waals surface area contributed by atoms with Crippen LogP contribution in [0.5, 0.6) is 0 Å². The topological polar surface area (TPSA) is 0 Å². The summed E-state index contributed by atoms with van der Waals surface area (Å²) in [6, 6.07) is 12.4. The van der Waals surface area contributed by atoms with E-state index in [0.717, 1.165) is 23.0 Å². The van der Waals surface area contributed by atoms with Gasteiger partial charge in [-0.1, -0.05) is 44.2 Å². The van der Waals surface area contributed by atoms with Crippen molar-refractivity contribution in [3.63, 3.8) is 0 Å². The first-order chi connectivity index (χ1) is 11.0. The van der Waals surface area contributed by atoms with Gasteiger partial charge < -0.3 is 0 Å². The van der Waals surface area contributed by atoms with Crippen LogP contribution in [0.25, 0.3) is 11.1 Å². The monoisotopic (exact) mass is 314 g/mol. The molecule has 1 saturated carbocycles. The highest BCUT2D eigenvalue weighted by Gasteiger charge is 2.24. The highest BCUT2D eigenvalue weighted by molar-refractivity contribution is 5.63. The van der Waals surface area contributed by atoms with Gasteiger partial charge in [-0.25, -0.2) is 8.78 Å². The fraction of sp³-hybridized carbons (Fsp3) is 0.429. The summed E-state index contributed by atoms with van der Waals surface area (Å²) in [7, 11) is 0. The lowest BCUT2D eigenvalue weighted by Crippen LogP contribution is -2.17. The summed E-state index contributed by atoms with van der Waals surface area (Å²) in [6.45, 7) is 4.64. The van der Waals surface area contributed by atoms with Crippen molar-refractivity contribution in [1.29, 1.82) is 0 Å². The molecule has 1 fully saturated rings. The Hall–Kier alpha value is -1.70. The zero-order valence-electron chi connectivity index (χ0n) is 13.9. The SMILES string of the molecule is CC(C)C1CCC(c2ccc(-c3ccc(F)c(F)c3)cc2)CC1. The molecule has 122 valence electrons. The van der Waals surface area contributed by atoms with E-state index in [1.807, 2.05) is 12.1 Å². The van der Waals surface area contributed by atoms with Crippen molar-refractivity contribution in [1.82, 2.24) is 0 Å². The van der Waals surface area contributed by atoms with Crippen molar-refractivity contribution in [2.75, 3.05) is 0 Å². The molecule has 0 saturated heterocycles. The molecule has 0 amide bonds. The third-order valence-corrected chi connectivity index (χ3v) is 5.35. The third kappa shape index (κ3) is 3.63. The van der Waals surface area contributed by atoms with E-state index in [4.69, 9.17) is 0 Å². The lowest BCUT2D eigenvalue weighted by molar-refractivity contribution is 0.259. The van der Waals surface area contributed by atoms with Crippen molar-refractivity contribution < 1.29 is 8.78 Å². The van der Waals surface area contributed by atoms with E-state index in [2.05, 4.69) is 26.0 Å². The summed E-state index contributed by atoms with van der Waals surface area (Å²) >= 11 is 0. The Morgan fingerprint density at radius 1 is 0.783 bits per heavy atom. The molecule has 0 nitrogen and oxygen atoms in total. The van der Waals surface area contributed by atoms with E-state index in [9.17, 15) is 8.78 Å². The zero-order valence-corrected chi connectivity index (χ0v) is 13.9. The Morgan fingerprint density at radius 2 is 1.39 bits per heavy atom. The molecule has 23 heavy (non-hydrogen) atoms. The van der Waals surface area contributed by atoms with E-state index in [1.165, 1.54) is 43.4 Å². The Morgan fingerprint density at radius 3 is 1.96 bits per heavy atom. The van der Waals surface area contributed by atoms with Crippen LogP contribution in [-0.2, 0) is 0 Å². The Bertz CT molecular complexity index is 650. The zero-order chi connectivity index (χ0) is 16.4. The molecule has 0 atom stereocenters. The van der Waals surface area contributed by atoms with Gasteiger partial charge in [-0.3, -0.25) is 0 Å². The molecule has 0 aromatic heterocycles. The van der Waals surface area contributed by atoms with Gasteiger partial charge in [0.05, 0.1) is 0 Å². The minimum atomic E-state index is -0.799. The van der Waals surface area contributed by atoms with Crippen molar-refractivity contribution >= 4 is 0 Å². The van der Waals surface area contributed by atoms with Crippen molar-refractivity contribution in [3.05, 3.63) is 59.7 Å². The van der Waals surface area contributed by atoms with Crippen molar-refractivity contribution in [3.8, 4) is 11.1 Å². The van der Waals surface area contributed by atoms with Crippen LogP contribution in [0.2, 0.25) is 0 Å². The summed E-state index contributed by atoms with van der Waals surface area (Å²) in [5.74, 6) is 0.703. The van der Waals surface area contributed by atoms with E-state index < -0.39 is 11.6 Å². The predicted molar refractivity (Wildman–Crippen MR) is 91.3 cm³/mol. The Kier molecular flexibility index (Phi) is 4.79. The molecule has 2 aromatic rings. The van der Waals surface area contributed by atoms with E-state index in [-0.39, 0.29) is 0 Å². The van der Waals surface area contributed by atoms with Gasteiger partial charge in [0.25, 0.3) is 0 Å². The van der Waals surface area contributed by atoms with Gasteiger partial charge in [0.1, 0.15) is 0 Å². The standard InChI is InChI=1S/C21H24F2/c1-14(2)15-3-5-16(6-4-15)17-7-9-18(10-8-17)19-11-12-20(22)21(23)13-19/h7-16H,3-6H2,1-2H3. The molecule has 0 spiro atoms. The molecule has 0 bridgehead atoms. The van der Waals surface area contributed by atoms with Gasteiger partial charge >= 0.3 is 0 Å². The molecule has 0 radical (unpaired) electrons. The summed E-state index contributed by atoms with van der Waals surface area (Å²) in [5.41, 5.74) is 3.03. The van der Waals surface area contributed by atoms with Gasteiger partial charge in [-0.05, 0) is 72.3 Å². The largest absolute Gasteiger partial charge is 0.204 e. The summed E-state index contributed by atoms with van der Waals surface area (Å²) in [5, 5.41) is 0. The van der Waals surface area contributed by atoms with Gasteiger partial charge in [-0.2, -0.15) is 0 Å². The van der Waals surface area contributed by atoms with Gasteiger partial charge in [0.2, 0.25) is 0 Å². The van der Waals surface area contributed by atoms with E-state index in [0.29, 0.717) is 5.92 Å².